The zero-order valence-electron chi connectivity index (χ0n) is 7.69. The molecule has 3 rings (SSSR count). The molecule has 0 atom stereocenters. The number of aryl methyl sites for hydroxylation is 1. The van der Waals surface area contributed by atoms with Crippen LogP contribution in [0.25, 0.3) is 21.9 Å². The minimum atomic E-state index is 0.815. The Hall–Kier alpha value is -1.90. The van der Waals surface area contributed by atoms with E-state index in [2.05, 4.69) is 9.97 Å². The predicted molar refractivity (Wildman–Crippen MR) is 54.0 cm³/mol. The van der Waals surface area contributed by atoms with E-state index in [1.54, 1.807) is 12.4 Å². The Labute approximate surface area is 80.4 Å². The first-order valence-corrected chi connectivity index (χ1v) is 4.43. The summed E-state index contributed by atoms with van der Waals surface area (Å²) in [7, 11) is 0. The SMILES string of the molecule is Cc1cc2oc3cnccc3c2cn1. The molecule has 3 aromatic rings. The van der Waals surface area contributed by atoms with Crippen LogP contribution in [-0.2, 0) is 0 Å². The second-order valence-electron chi connectivity index (χ2n) is 3.30. The van der Waals surface area contributed by atoms with Crippen LogP contribution in [0.5, 0.6) is 0 Å². The molecule has 0 aliphatic carbocycles. The van der Waals surface area contributed by atoms with Crippen LogP contribution >= 0.6 is 0 Å². The third-order valence-corrected chi connectivity index (χ3v) is 2.30. The van der Waals surface area contributed by atoms with Crippen LogP contribution in [0, 0.1) is 6.92 Å². The molecule has 0 saturated carbocycles. The Morgan fingerprint density at radius 2 is 2.07 bits per heavy atom. The van der Waals surface area contributed by atoms with Gasteiger partial charge in [0.25, 0.3) is 0 Å². The average molecular weight is 184 g/mol. The third-order valence-electron chi connectivity index (χ3n) is 2.30. The molecule has 0 bridgehead atoms. The number of rotatable bonds is 0. The first kappa shape index (κ1) is 7.50. The molecule has 3 aromatic heterocycles. The van der Waals surface area contributed by atoms with Gasteiger partial charge in [0.05, 0.1) is 6.20 Å². The number of hydrogen-bond donors (Lipinski definition) is 0. The molecular formula is C11H8N2O. The molecule has 0 spiro atoms. The second-order valence-corrected chi connectivity index (χ2v) is 3.30. The summed E-state index contributed by atoms with van der Waals surface area (Å²) < 4.78 is 5.63. The number of nitrogens with zero attached hydrogens (tertiary/aromatic N) is 2. The zero-order valence-corrected chi connectivity index (χ0v) is 7.69. The van der Waals surface area contributed by atoms with Gasteiger partial charge in [-0.2, -0.15) is 0 Å². The second kappa shape index (κ2) is 2.54. The molecule has 3 heteroatoms. The van der Waals surface area contributed by atoms with E-state index in [9.17, 15) is 0 Å². The summed E-state index contributed by atoms with van der Waals surface area (Å²) in [6, 6.07) is 3.88. The van der Waals surface area contributed by atoms with Gasteiger partial charge in [0.2, 0.25) is 0 Å². The molecule has 0 aliphatic heterocycles. The molecule has 0 fully saturated rings. The van der Waals surface area contributed by atoms with E-state index in [1.807, 2.05) is 25.3 Å². The van der Waals surface area contributed by atoms with E-state index in [0.29, 0.717) is 0 Å². The highest BCUT2D eigenvalue weighted by atomic mass is 16.3. The van der Waals surface area contributed by atoms with Crippen molar-refractivity contribution in [2.45, 2.75) is 6.92 Å². The number of furan rings is 1. The molecule has 0 saturated heterocycles. The molecule has 14 heavy (non-hydrogen) atoms. The van der Waals surface area contributed by atoms with Crippen LogP contribution in [0.2, 0.25) is 0 Å². The third kappa shape index (κ3) is 0.923. The van der Waals surface area contributed by atoms with Crippen molar-refractivity contribution in [1.82, 2.24) is 9.97 Å². The summed E-state index contributed by atoms with van der Waals surface area (Å²) in [5, 5.41) is 2.12. The van der Waals surface area contributed by atoms with Crippen LogP contribution in [-0.4, -0.2) is 9.97 Å². The summed E-state index contributed by atoms with van der Waals surface area (Å²) >= 11 is 0. The largest absolute Gasteiger partial charge is 0.454 e. The molecular weight excluding hydrogens is 176 g/mol. The molecule has 68 valence electrons. The number of aromatic nitrogens is 2. The molecule has 0 unspecified atom stereocenters. The maximum atomic E-state index is 5.63. The molecule has 3 heterocycles. The van der Waals surface area contributed by atoms with Crippen LogP contribution in [0.15, 0.2) is 35.1 Å². The van der Waals surface area contributed by atoms with Crippen molar-refractivity contribution in [3.05, 3.63) is 36.4 Å². The maximum absolute atomic E-state index is 5.63. The van der Waals surface area contributed by atoms with Crippen LogP contribution in [0.3, 0.4) is 0 Å². The highest BCUT2D eigenvalue weighted by Gasteiger charge is 2.06. The topological polar surface area (TPSA) is 38.9 Å². The zero-order chi connectivity index (χ0) is 9.54. The number of fused-ring (bicyclic) bond motifs is 3. The fraction of sp³-hybridized carbons (Fsp3) is 0.0909. The molecule has 0 aliphatic rings. The van der Waals surface area contributed by atoms with Crippen molar-refractivity contribution < 1.29 is 4.42 Å². The van der Waals surface area contributed by atoms with Gasteiger partial charge in [-0.25, -0.2) is 0 Å². The van der Waals surface area contributed by atoms with E-state index < -0.39 is 0 Å². The normalized spacial score (nSPS) is 11.2. The van der Waals surface area contributed by atoms with Gasteiger partial charge in [0.15, 0.2) is 5.58 Å². The standard InChI is InChI=1S/C11H8N2O/c1-7-4-10-9(5-13-7)8-2-3-12-6-11(8)14-10/h2-6H,1H3. The molecule has 0 radical (unpaired) electrons. The van der Waals surface area contributed by atoms with Crippen LogP contribution < -0.4 is 0 Å². The van der Waals surface area contributed by atoms with Gasteiger partial charge in [-0.05, 0) is 13.0 Å². The first-order valence-electron chi connectivity index (χ1n) is 4.43. The van der Waals surface area contributed by atoms with Gasteiger partial charge in [0, 0.05) is 34.9 Å². The van der Waals surface area contributed by atoms with Gasteiger partial charge in [0.1, 0.15) is 5.58 Å². The smallest absolute Gasteiger partial charge is 0.153 e. The summed E-state index contributed by atoms with van der Waals surface area (Å²) in [5.41, 5.74) is 2.65. The average Bonchev–Trinajstić information content (AvgIpc) is 2.54. The Morgan fingerprint density at radius 3 is 3.00 bits per heavy atom. The van der Waals surface area contributed by atoms with Gasteiger partial charge >= 0.3 is 0 Å². The quantitative estimate of drug-likeness (QED) is 0.539. The molecule has 0 amide bonds. The molecule has 0 N–H and O–H groups in total. The fourth-order valence-corrected chi connectivity index (χ4v) is 1.62. The Bertz CT molecular complexity index is 613. The lowest BCUT2D eigenvalue weighted by Crippen LogP contribution is -1.77. The van der Waals surface area contributed by atoms with E-state index in [0.717, 1.165) is 27.6 Å². The highest BCUT2D eigenvalue weighted by Crippen LogP contribution is 2.27. The minimum Gasteiger partial charge on any atom is -0.454 e. The van der Waals surface area contributed by atoms with Gasteiger partial charge in [-0.1, -0.05) is 0 Å². The van der Waals surface area contributed by atoms with E-state index >= 15 is 0 Å². The van der Waals surface area contributed by atoms with E-state index in [-0.39, 0.29) is 0 Å². The van der Waals surface area contributed by atoms with Crippen molar-refractivity contribution >= 4 is 21.9 Å². The van der Waals surface area contributed by atoms with Crippen molar-refractivity contribution in [3.8, 4) is 0 Å². The Kier molecular flexibility index (Phi) is 1.36. The summed E-state index contributed by atoms with van der Waals surface area (Å²) in [5.74, 6) is 0. The highest BCUT2D eigenvalue weighted by molar-refractivity contribution is 6.03. The number of hydrogen-bond acceptors (Lipinski definition) is 3. The van der Waals surface area contributed by atoms with E-state index in [4.69, 9.17) is 4.42 Å². The maximum Gasteiger partial charge on any atom is 0.153 e. The molecule has 3 nitrogen and oxygen atoms in total. The Balaban J connectivity index is 2.57. The van der Waals surface area contributed by atoms with Gasteiger partial charge in [-0.3, -0.25) is 9.97 Å². The monoisotopic (exact) mass is 184 g/mol. The van der Waals surface area contributed by atoms with Crippen molar-refractivity contribution in [2.75, 3.05) is 0 Å². The summed E-state index contributed by atoms with van der Waals surface area (Å²) in [6.45, 7) is 1.95. The molecule has 0 aromatic carbocycles. The lowest BCUT2D eigenvalue weighted by atomic mass is 10.2. The van der Waals surface area contributed by atoms with Crippen molar-refractivity contribution in [2.24, 2.45) is 0 Å². The fourth-order valence-electron chi connectivity index (χ4n) is 1.62. The van der Waals surface area contributed by atoms with Crippen molar-refractivity contribution in [3.63, 3.8) is 0 Å². The minimum absolute atomic E-state index is 0.815. The summed E-state index contributed by atoms with van der Waals surface area (Å²) in [6.07, 6.45) is 5.33. The van der Waals surface area contributed by atoms with E-state index in [1.165, 1.54) is 0 Å². The van der Waals surface area contributed by atoms with Gasteiger partial charge in [-0.15, -0.1) is 0 Å². The van der Waals surface area contributed by atoms with Crippen LogP contribution in [0.1, 0.15) is 5.69 Å². The van der Waals surface area contributed by atoms with Crippen LogP contribution in [0.4, 0.5) is 0 Å². The lowest BCUT2D eigenvalue weighted by molar-refractivity contribution is 0.666. The van der Waals surface area contributed by atoms with Gasteiger partial charge < -0.3 is 4.42 Å². The number of pyridine rings is 2. The summed E-state index contributed by atoms with van der Waals surface area (Å²) in [4.78, 5) is 8.27. The lowest BCUT2D eigenvalue weighted by Gasteiger charge is -1.89. The first-order chi connectivity index (χ1) is 6.84. The Morgan fingerprint density at radius 1 is 1.14 bits per heavy atom. The predicted octanol–water partition coefficient (Wildman–Crippen LogP) is 2.68. The van der Waals surface area contributed by atoms with Crippen molar-refractivity contribution in [1.29, 1.82) is 0 Å².